The van der Waals surface area contributed by atoms with Gasteiger partial charge in [-0.25, -0.2) is 0 Å². The van der Waals surface area contributed by atoms with E-state index in [-0.39, 0.29) is 0 Å². The second-order valence-electron chi connectivity index (χ2n) is 6.47. The van der Waals surface area contributed by atoms with Gasteiger partial charge in [-0.05, 0) is 32.1 Å². The summed E-state index contributed by atoms with van der Waals surface area (Å²) in [7, 11) is 0. The highest BCUT2D eigenvalue weighted by Crippen LogP contribution is 2.30. The maximum absolute atomic E-state index is 3.84. The van der Waals surface area contributed by atoms with Crippen molar-refractivity contribution in [1.82, 2.24) is 10.2 Å². The standard InChI is InChI=1S/C15H32N2/c1-7-14(6)11-16-15(8-2,9-3)12-17(14)10-13(4)5/h13,16H,7-12H2,1-6H3. The Balaban J connectivity index is 2.83. The molecule has 0 aromatic carbocycles. The predicted molar refractivity (Wildman–Crippen MR) is 76.4 cm³/mol. The third-order valence-electron chi connectivity index (χ3n) is 4.80. The first-order chi connectivity index (χ1) is 7.91. The molecule has 1 atom stereocenters. The van der Waals surface area contributed by atoms with E-state index in [0.29, 0.717) is 11.1 Å². The lowest BCUT2D eigenvalue weighted by Gasteiger charge is -2.53. The largest absolute Gasteiger partial charge is 0.308 e. The monoisotopic (exact) mass is 240 g/mol. The van der Waals surface area contributed by atoms with Crippen LogP contribution in [0.5, 0.6) is 0 Å². The molecule has 0 radical (unpaired) electrons. The molecule has 0 bridgehead atoms. The van der Waals surface area contributed by atoms with Crippen molar-refractivity contribution in [2.75, 3.05) is 19.6 Å². The van der Waals surface area contributed by atoms with Gasteiger partial charge in [-0.15, -0.1) is 0 Å². The maximum Gasteiger partial charge on any atom is 0.0304 e. The Morgan fingerprint density at radius 2 is 1.71 bits per heavy atom. The molecular formula is C15H32N2. The van der Waals surface area contributed by atoms with E-state index in [4.69, 9.17) is 0 Å². The first-order valence-corrected chi connectivity index (χ1v) is 7.41. The highest BCUT2D eigenvalue weighted by atomic mass is 15.3. The molecule has 0 aliphatic carbocycles. The molecule has 0 saturated carbocycles. The summed E-state index contributed by atoms with van der Waals surface area (Å²) in [6, 6.07) is 0. The van der Waals surface area contributed by atoms with Crippen molar-refractivity contribution in [3.8, 4) is 0 Å². The van der Waals surface area contributed by atoms with Crippen molar-refractivity contribution in [3.63, 3.8) is 0 Å². The molecule has 1 aliphatic heterocycles. The number of nitrogens with one attached hydrogen (secondary N) is 1. The number of rotatable bonds is 5. The molecule has 1 aliphatic rings. The average Bonchev–Trinajstić information content (AvgIpc) is 2.32. The van der Waals surface area contributed by atoms with Gasteiger partial charge < -0.3 is 5.32 Å². The quantitative estimate of drug-likeness (QED) is 0.793. The van der Waals surface area contributed by atoms with Gasteiger partial charge in [0, 0.05) is 30.7 Å². The topological polar surface area (TPSA) is 15.3 Å². The highest BCUT2D eigenvalue weighted by Gasteiger charge is 2.42. The van der Waals surface area contributed by atoms with Gasteiger partial charge in [0.1, 0.15) is 0 Å². The van der Waals surface area contributed by atoms with Gasteiger partial charge in [0.2, 0.25) is 0 Å². The van der Waals surface area contributed by atoms with E-state index >= 15 is 0 Å². The van der Waals surface area contributed by atoms with Crippen LogP contribution in [0.15, 0.2) is 0 Å². The fourth-order valence-corrected chi connectivity index (χ4v) is 2.90. The zero-order valence-corrected chi connectivity index (χ0v) is 12.8. The van der Waals surface area contributed by atoms with E-state index in [1.54, 1.807) is 0 Å². The molecule has 1 heterocycles. The van der Waals surface area contributed by atoms with Gasteiger partial charge in [-0.3, -0.25) is 4.90 Å². The average molecular weight is 240 g/mol. The number of hydrogen-bond acceptors (Lipinski definition) is 2. The zero-order valence-electron chi connectivity index (χ0n) is 12.8. The Hall–Kier alpha value is -0.0800. The van der Waals surface area contributed by atoms with Crippen molar-refractivity contribution in [1.29, 1.82) is 0 Å². The summed E-state index contributed by atoms with van der Waals surface area (Å²) in [5.41, 5.74) is 0.696. The van der Waals surface area contributed by atoms with Gasteiger partial charge in [0.15, 0.2) is 0 Å². The Kier molecular flexibility index (Phi) is 5.03. The highest BCUT2D eigenvalue weighted by molar-refractivity contribution is 5.02. The molecule has 1 fully saturated rings. The summed E-state index contributed by atoms with van der Waals surface area (Å²) in [6.07, 6.45) is 3.70. The molecule has 0 amide bonds. The first kappa shape index (κ1) is 15.0. The van der Waals surface area contributed by atoms with Crippen LogP contribution in [-0.2, 0) is 0 Å². The molecule has 0 aromatic heterocycles. The zero-order chi connectivity index (χ0) is 13.1. The fourth-order valence-electron chi connectivity index (χ4n) is 2.90. The minimum Gasteiger partial charge on any atom is -0.308 e. The number of hydrogen-bond donors (Lipinski definition) is 1. The predicted octanol–water partition coefficient (Wildman–Crippen LogP) is 3.28. The van der Waals surface area contributed by atoms with Gasteiger partial charge in [0.25, 0.3) is 0 Å². The summed E-state index contributed by atoms with van der Waals surface area (Å²) in [4.78, 5) is 2.74. The Labute approximate surface area is 108 Å². The molecule has 1 rings (SSSR count). The van der Waals surface area contributed by atoms with Crippen LogP contribution in [0.4, 0.5) is 0 Å². The van der Waals surface area contributed by atoms with Crippen LogP contribution < -0.4 is 5.32 Å². The van der Waals surface area contributed by atoms with Crippen LogP contribution in [0.3, 0.4) is 0 Å². The molecule has 2 heteroatoms. The van der Waals surface area contributed by atoms with E-state index in [1.807, 2.05) is 0 Å². The molecule has 0 spiro atoms. The third kappa shape index (κ3) is 3.23. The summed E-state index contributed by atoms with van der Waals surface area (Å²) in [5.74, 6) is 0.755. The lowest BCUT2D eigenvalue weighted by Crippen LogP contribution is -2.69. The lowest BCUT2D eigenvalue weighted by atomic mass is 9.82. The third-order valence-corrected chi connectivity index (χ3v) is 4.80. The van der Waals surface area contributed by atoms with Crippen molar-refractivity contribution < 1.29 is 0 Å². The van der Waals surface area contributed by atoms with E-state index in [9.17, 15) is 0 Å². The summed E-state index contributed by atoms with van der Waals surface area (Å²) >= 11 is 0. The molecule has 0 aromatic rings. The van der Waals surface area contributed by atoms with Crippen LogP contribution in [0.1, 0.15) is 60.8 Å². The molecular weight excluding hydrogens is 208 g/mol. The Bertz CT molecular complexity index is 233. The van der Waals surface area contributed by atoms with Crippen LogP contribution in [0.2, 0.25) is 0 Å². The van der Waals surface area contributed by atoms with Gasteiger partial charge in [-0.2, -0.15) is 0 Å². The van der Waals surface area contributed by atoms with Crippen molar-refractivity contribution in [2.45, 2.75) is 71.9 Å². The summed E-state index contributed by atoms with van der Waals surface area (Å²) < 4.78 is 0. The van der Waals surface area contributed by atoms with Gasteiger partial charge in [-0.1, -0.05) is 34.6 Å². The molecule has 1 unspecified atom stereocenters. The van der Waals surface area contributed by atoms with Crippen LogP contribution in [0.25, 0.3) is 0 Å². The molecule has 102 valence electrons. The van der Waals surface area contributed by atoms with E-state index in [2.05, 4.69) is 51.8 Å². The Morgan fingerprint density at radius 1 is 1.12 bits per heavy atom. The van der Waals surface area contributed by atoms with Crippen molar-refractivity contribution in [2.24, 2.45) is 5.92 Å². The second-order valence-corrected chi connectivity index (χ2v) is 6.47. The molecule has 17 heavy (non-hydrogen) atoms. The van der Waals surface area contributed by atoms with E-state index in [0.717, 1.165) is 12.5 Å². The lowest BCUT2D eigenvalue weighted by molar-refractivity contribution is 0.00137. The normalized spacial score (nSPS) is 29.8. The van der Waals surface area contributed by atoms with Gasteiger partial charge in [0.05, 0.1) is 0 Å². The first-order valence-electron chi connectivity index (χ1n) is 7.41. The maximum atomic E-state index is 3.84. The smallest absolute Gasteiger partial charge is 0.0304 e. The molecule has 2 nitrogen and oxygen atoms in total. The van der Waals surface area contributed by atoms with Crippen LogP contribution >= 0.6 is 0 Å². The molecule has 1 N–H and O–H groups in total. The van der Waals surface area contributed by atoms with Crippen molar-refractivity contribution >= 4 is 0 Å². The molecule has 1 saturated heterocycles. The number of piperazine rings is 1. The minimum atomic E-state index is 0.345. The fraction of sp³-hybridized carbons (Fsp3) is 1.00. The summed E-state index contributed by atoms with van der Waals surface area (Å²) in [5, 5.41) is 3.84. The minimum absolute atomic E-state index is 0.345. The second kappa shape index (κ2) is 5.71. The van der Waals surface area contributed by atoms with E-state index in [1.165, 1.54) is 32.4 Å². The summed E-state index contributed by atoms with van der Waals surface area (Å²) in [6.45, 7) is 17.6. The number of nitrogens with zero attached hydrogens (tertiary/aromatic N) is 1. The van der Waals surface area contributed by atoms with Crippen LogP contribution in [0, 0.1) is 5.92 Å². The Morgan fingerprint density at radius 3 is 2.12 bits per heavy atom. The van der Waals surface area contributed by atoms with Gasteiger partial charge >= 0.3 is 0 Å². The van der Waals surface area contributed by atoms with Crippen molar-refractivity contribution in [3.05, 3.63) is 0 Å². The van der Waals surface area contributed by atoms with E-state index < -0.39 is 0 Å². The van der Waals surface area contributed by atoms with Crippen LogP contribution in [-0.4, -0.2) is 35.6 Å². The SMILES string of the molecule is CCC1(CC)CN(CC(C)C)C(C)(CC)CN1.